The number of nitrogens with one attached hydrogen (secondary N) is 1. The van der Waals surface area contributed by atoms with Crippen molar-refractivity contribution in [3.8, 4) is 16.9 Å². The Morgan fingerprint density at radius 2 is 1.83 bits per heavy atom. The molecule has 2 N–H and O–H groups in total. The van der Waals surface area contributed by atoms with E-state index in [-0.39, 0.29) is 0 Å². The summed E-state index contributed by atoms with van der Waals surface area (Å²) in [5, 5.41) is 8.40. The number of hydrogen-bond donors (Lipinski definition) is 2. The van der Waals surface area contributed by atoms with E-state index in [1.165, 1.54) is 11.6 Å². The Balaban J connectivity index is 1.96. The van der Waals surface area contributed by atoms with Gasteiger partial charge in [0.1, 0.15) is 12.4 Å². The first kappa shape index (κ1) is 16.5. The van der Waals surface area contributed by atoms with Crippen molar-refractivity contribution in [1.82, 2.24) is 5.48 Å². The highest BCUT2D eigenvalue weighted by Gasteiger charge is 1.99. The van der Waals surface area contributed by atoms with Crippen molar-refractivity contribution in [2.75, 3.05) is 6.61 Å². The van der Waals surface area contributed by atoms with Gasteiger partial charge in [-0.1, -0.05) is 54.1 Å². The van der Waals surface area contributed by atoms with E-state index in [4.69, 9.17) is 9.94 Å². The zero-order chi connectivity index (χ0) is 16.5. The summed E-state index contributed by atoms with van der Waals surface area (Å²) < 4.78 is 5.71. The van der Waals surface area contributed by atoms with Crippen LogP contribution in [0.2, 0.25) is 0 Å². The van der Waals surface area contributed by atoms with Crippen LogP contribution >= 0.6 is 0 Å². The van der Waals surface area contributed by atoms with E-state index in [0.29, 0.717) is 6.61 Å². The zero-order valence-electron chi connectivity index (χ0n) is 12.9. The van der Waals surface area contributed by atoms with Crippen LogP contribution in [0.3, 0.4) is 0 Å². The molecule has 0 bridgehead atoms. The number of allylic oxidation sites excluding steroid dienone is 2. The summed E-state index contributed by atoms with van der Waals surface area (Å²) in [6.45, 7) is 2.25. The summed E-state index contributed by atoms with van der Waals surface area (Å²) in [6.07, 6.45) is 4.72. The average molecular weight is 309 g/mol. The second-order valence-corrected chi connectivity index (χ2v) is 4.96. The summed E-state index contributed by atoms with van der Waals surface area (Å²) in [5.41, 5.74) is 4.65. The number of carbonyl (C=O) groups is 1. The van der Waals surface area contributed by atoms with Crippen LogP contribution in [0.15, 0.2) is 78.4 Å². The van der Waals surface area contributed by atoms with Gasteiger partial charge in [-0.25, -0.2) is 5.48 Å². The highest BCUT2D eigenvalue weighted by atomic mass is 16.5. The Labute approximate surface area is 135 Å². The lowest BCUT2D eigenvalue weighted by molar-refractivity contribution is -0.124. The summed E-state index contributed by atoms with van der Waals surface area (Å²) in [6, 6.07) is 18.0. The minimum Gasteiger partial charge on any atom is -0.490 e. The van der Waals surface area contributed by atoms with E-state index in [9.17, 15) is 4.79 Å². The molecular weight excluding hydrogens is 290 g/mol. The SMILES string of the molecule is CC(/C=C/C(=O)NO)=C\COc1cccc(-c2ccccc2)c1. The molecule has 0 unspecified atom stereocenters. The van der Waals surface area contributed by atoms with Gasteiger partial charge in [0.25, 0.3) is 5.91 Å². The molecule has 0 spiro atoms. The first-order valence-corrected chi connectivity index (χ1v) is 7.26. The molecule has 1 amide bonds. The van der Waals surface area contributed by atoms with E-state index in [2.05, 4.69) is 12.1 Å². The predicted octanol–water partition coefficient (Wildman–Crippen LogP) is 3.74. The number of rotatable bonds is 6. The Morgan fingerprint density at radius 3 is 2.57 bits per heavy atom. The van der Waals surface area contributed by atoms with Crippen LogP contribution in [0.5, 0.6) is 5.75 Å². The first-order valence-electron chi connectivity index (χ1n) is 7.26. The van der Waals surface area contributed by atoms with Crippen molar-refractivity contribution in [2.24, 2.45) is 0 Å². The molecule has 0 aliphatic heterocycles. The molecule has 0 radical (unpaired) electrons. The van der Waals surface area contributed by atoms with E-state index in [0.717, 1.165) is 22.4 Å². The molecule has 118 valence electrons. The molecule has 0 heterocycles. The first-order chi connectivity index (χ1) is 11.2. The maximum absolute atomic E-state index is 10.9. The molecule has 23 heavy (non-hydrogen) atoms. The molecule has 0 aromatic heterocycles. The van der Waals surface area contributed by atoms with Gasteiger partial charge in [-0.15, -0.1) is 0 Å². The van der Waals surface area contributed by atoms with Gasteiger partial charge in [0, 0.05) is 6.08 Å². The van der Waals surface area contributed by atoms with E-state index >= 15 is 0 Å². The minimum absolute atomic E-state index is 0.398. The van der Waals surface area contributed by atoms with E-state index in [1.807, 2.05) is 55.5 Å². The summed E-state index contributed by atoms with van der Waals surface area (Å²) >= 11 is 0. The Morgan fingerprint density at radius 1 is 1.09 bits per heavy atom. The van der Waals surface area contributed by atoms with Crippen molar-refractivity contribution in [3.63, 3.8) is 0 Å². The van der Waals surface area contributed by atoms with Crippen LogP contribution in [-0.2, 0) is 4.79 Å². The summed E-state index contributed by atoms with van der Waals surface area (Å²) in [5.74, 6) is 0.224. The van der Waals surface area contributed by atoms with Gasteiger partial charge in [0.15, 0.2) is 0 Å². The van der Waals surface area contributed by atoms with E-state index < -0.39 is 5.91 Å². The second-order valence-electron chi connectivity index (χ2n) is 4.96. The van der Waals surface area contributed by atoms with Gasteiger partial charge < -0.3 is 4.74 Å². The van der Waals surface area contributed by atoms with Crippen LogP contribution in [0.4, 0.5) is 0 Å². The van der Waals surface area contributed by atoms with Gasteiger partial charge in [0.05, 0.1) is 0 Å². The zero-order valence-corrected chi connectivity index (χ0v) is 12.9. The van der Waals surface area contributed by atoms with Gasteiger partial charge in [-0.2, -0.15) is 0 Å². The number of amides is 1. The van der Waals surface area contributed by atoms with Crippen LogP contribution in [-0.4, -0.2) is 17.7 Å². The Kier molecular flexibility index (Phi) is 6.15. The Hall–Kier alpha value is -2.85. The standard InChI is InChI=1S/C19H19NO3/c1-15(10-11-19(21)20-22)12-13-23-18-9-5-8-17(14-18)16-6-3-2-4-7-16/h2-12,14,22H,13H2,1H3,(H,20,21)/b11-10+,15-12+. The summed E-state index contributed by atoms with van der Waals surface area (Å²) in [7, 11) is 0. The molecule has 0 saturated carbocycles. The fourth-order valence-electron chi connectivity index (χ4n) is 1.98. The molecule has 0 aliphatic rings. The molecule has 0 fully saturated rings. The van der Waals surface area contributed by atoms with E-state index in [1.54, 1.807) is 6.08 Å². The molecule has 0 aliphatic carbocycles. The monoisotopic (exact) mass is 309 g/mol. The van der Waals surface area contributed by atoms with Gasteiger partial charge >= 0.3 is 0 Å². The van der Waals surface area contributed by atoms with Gasteiger partial charge in [0.2, 0.25) is 0 Å². The lowest BCUT2D eigenvalue weighted by atomic mass is 10.1. The molecule has 0 saturated heterocycles. The lowest BCUT2D eigenvalue weighted by Crippen LogP contribution is -2.14. The molecule has 2 rings (SSSR count). The number of benzene rings is 2. The topological polar surface area (TPSA) is 58.6 Å². The number of hydrogen-bond acceptors (Lipinski definition) is 3. The fourth-order valence-corrected chi connectivity index (χ4v) is 1.98. The number of hydroxylamine groups is 1. The normalized spacial score (nSPS) is 11.5. The number of ether oxygens (including phenoxy) is 1. The molecule has 4 heteroatoms. The molecule has 4 nitrogen and oxygen atoms in total. The van der Waals surface area contributed by atoms with Crippen molar-refractivity contribution < 1.29 is 14.7 Å². The highest BCUT2D eigenvalue weighted by Crippen LogP contribution is 2.23. The third-order valence-corrected chi connectivity index (χ3v) is 3.20. The molecular formula is C19H19NO3. The third kappa shape index (κ3) is 5.45. The second kappa shape index (κ2) is 8.56. The van der Waals surface area contributed by atoms with Crippen molar-refractivity contribution >= 4 is 5.91 Å². The highest BCUT2D eigenvalue weighted by molar-refractivity contribution is 5.86. The molecule has 0 atom stereocenters. The largest absolute Gasteiger partial charge is 0.490 e. The quantitative estimate of drug-likeness (QED) is 0.370. The lowest BCUT2D eigenvalue weighted by Gasteiger charge is -2.07. The average Bonchev–Trinajstić information content (AvgIpc) is 2.60. The molecule has 2 aromatic carbocycles. The van der Waals surface area contributed by atoms with Crippen LogP contribution in [0, 0.1) is 0 Å². The molecule has 2 aromatic rings. The van der Waals surface area contributed by atoms with Crippen LogP contribution in [0.25, 0.3) is 11.1 Å². The summed E-state index contributed by atoms with van der Waals surface area (Å²) in [4.78, 5) is 10.9. The van der Waals surface area contributed by atoms with Gasteiger partial charge in [-0.3, -0.25) is 10.0 Å². The van der Waals surface area contributed by atoms with Crippen LogP contribution in [0.1, 0.15) is 6.92 Å². The van der Waals surface area contributed by atoms with Crippen molar-refractivity contribution in [1.29, 1.82) is 0 Å². The van der Waals surface area contributed by atoms with Crippen molar-refractivity contribution in [3.05, 3.63) is 78.4 Å². The maximum atomic E-state index is 10.9. The smallest absolute Gasteiger partial charge is 0.267 e. The van der Waals surface area contributed by atoms with Gasteiger partial charge in [-0.05, 0) is 36.3 Å². The predicted molar refractivity (Wildman–Crippen MR) is 90.2 cm³/mol. The maximum Gasteiger partial charge on any atom is 0.267 e. The van der Waals surface area contributed by atoms with Crippen LogP contribution < -0.4 is 10.2 Å². The Bertz CT molecular complexity index is 706. The fraction of sp³-hybridized carbons (Fsp3) is 0.105. The van der Waals surface area contributed by atoms with Crippen molar-refractivity contribution in [2.45, 2.75) is 6.92 Å². The number of carbonyl (C=O) groups excluding carboxylic acids is 1. The third-order valence-electron chi connectivity index (χ3n) is 3.20. The minimum atomic E-state index is -0.561.